The molecule has 1 N–H and O–H groups in total. The Bertz CT molecular complexity index is 1330. The van der Waals surface area contributed by atoms with Crippen molar-refractivity contribution in [1.82, 2.24) is 4.90 Å². The van der Waals surface area contributed by atoms with Crippen LogP contribution in [0.2, 0.25) is 43.8 Å². The van der Waals surface area contributed by atoms with Gasteiger partial charge in [0.05, 0.1) is 22.6 Å². The molecule has 9 heteroatoms. The summed E-state index contributed by atoms with van der Waals surface area (Å²) in [6.45, 7) is 17.9. The number of benzene rings is 3. The third-order valence-electron chi connectivity index (χ3n) is 9.03. The molecule has 1 fully saturated rings. The first-order chi connectivity index (χ1) is 21.1. The summed E-state index contributed by atoms with van der Waals surface area (Å²) in [6.07, 6.45) is -1.71. The van der Waals surface area contributed by atoms with E-state index in [1.165, 1.54) is 4.90 Å². The summed E-state index contributed by atoms with van der Waals surface area (Å²) in [5.74, 6) is -1.64. The van der Waals surface area contributed by atoms with Gasteiger partial charge in [-0.25, -0.2) is 4.79 Å². The van der Waals surface area contributed by atoms with Gasteiger partial charge < -0.3 is 14.3 Å². The summed E-state index contributed by atoms with van der Waals surface area (Å²) in [5, 5.41) is 10.8. The monoisotopic (exact) mass is 663 g/mol. The second kappa shape index (κ2) is 14.0. The lowest BCUT2D eigenvalue weighted by molar-refractivity contribution is -0.186. The number of carbonyl (C=O) groups excluding carboxylic acids is 2. The Kier molecular flexibility index (Phi) is 10.9. The Labute approximate surface area is 275 Å². The highest BCUT2D eigenvalue weighted by atomic mass is 32.2. The Morgan fingerprint density at radius 1 is 0.844 bits per heavy atom. The van der Waals surface area contributed by atoms with Crippen LogP contribution in [-0.2, 0) is 23.5 Å². The van der Waals surface area contributed by atoms with Crippen LogP contribution in [0, 0.1) is 5.92 Å². The van der Waals surface area contributed by atoms with Gasteiger partial charge in [0, 0.05) is 14.7 Å². The highest BCUT2D eigenvalue weighted by Crippen LogP contribution is 2.55. The summed E-state index contributed by atoms with van der Waals surface area (Å²) in [4.78, 5) is 28.4. The predicted molar refractivity (Wildman–Crippen MR) is 189 cm³/mol. The number of rotatable bonds is 13. The number of ether oxygens (including phenoxy) is 1. The minimum absolute atomic E-state index is 0.0380. The quantitative estimate of drug-likeness (QED) is 0.0874. The molecule has 3 aromatic rings. The van der Waals surface area contributed by atoms with Gasteiger partial charge >= 0.3 is 5.97 Å². The molecule has 1 aliphatic heterocycles. The van der Waals surface area contributed by atoms with Crippen molar-refractivity contribution < 1.29 is 23.9 Å². The fourth-order valence-corrected chi connectivity index (χ4v) is 8.78. The van der Waals surface area contributed by atoms with Crippen LogP contribution in [0.1, 0.15) is 37.5 Å². The number of aliphatic hydroxyl groups excluding tert-OH is 1. The Balaban J connectivity index is 1.79. The number of hydrogen-bond donors (Lipinski definition) is 1. The van der Waals surface area contributed by atoms with Crippen LogP contribution in [0.4, 0.5) is 0 Å². The number of likely N-dealkylation sites (tertiary alicyclic amines) is 1. The summed E-state index contributed by atoms with van der Waals surface area (Å²) in [6, 6.07) is 31.4. The summed E-state index contributed by atoms with van der Waals surface area (Å²) >= 11 is 1.57. The number of β-lactam (4-membered cyclic amide) rings is 1. The first-order valence-electron chi connectivity index (χ1n) is 15.7. The molecule has 0 saturated carbocycles. The molecule has 1 unspecified atom stereocenters. The van der Waals surface area contributed by atoms with Crippen LogP contribution >= 0.6 is 11.8 Å². The average molecular weight is 664 g/mol. The number of thioether (sulfide) groups is 1. The zero-order valence-electron chi connectivity index (χ0n) is 27.9. The van der Waals surface area contributed by atoms with E-state index in [4.69, 9.17) is 9.16 Å². The maximum Gasteiger partial charge on any atom is 0.356 e. The van der Waals surface area contributed by atoms with E-state index < -0.39 is 44.6 Å². The van der Waals surface area contributed by atoms with E-state index in [2.05, 4.69) is 89.9 Å². The second-order valence-corrected chi connectivity index (χ2v) is 26.3. The standard InChI is InChI=1S/C36H49NO5SSi2/c1-35(2,3)45(7,8)42-26-30-31(38)37(32(39)34(40)41-24-25-44(4,5)6)33(30)43-36(27-18-12-9-13-19-27,28-20-14-10-15-21-28)29-22-16-11-17-23-29/h9-23,30,32-33,39H,24-26H2,1-8H3/t30-,32?,33+/m0/s1. The topological polar surface area (TPSA) is 76.1 Å². The van der Waals surface area contributed by atoms with Crippen molar-refractivity contribution in [2.24, 2.45) is 5.92 Å². The zero-order valence-corrected chi connectivity index (χ0v) is 30.8. The number of nitrogens with zero attached hydrogens (tertiary/aromatic N) is 1. The van der Waals surface area contributed by atoms with Crippen molar-refractivity contribution in [3.8, 4) is 0 Å². The number of hydrogen-bond acceptors (Lipinski definition) is 6. The average Bonchev–Trinajstić information content (AvgIpc) is 2.99. The van der Waals surface area contributed by atoms with E-state index in [1.807, 2.05) is 54.6 Å². The van der Waals surface area contributed by atoms with Crippen molar-refractivity contribution in [3.05, 3.63) is 108 Å². The van der Waals surface area contributed by atoms with Gasteiger partial charge in [0.25, 0.3) is 0 Å². The molecular weight excluding hydrogens is 615 g/mol. The summed E-state index contributed by atoms with van der Waals surface area (Å²) in [5.41, 5.74) is 3.09. The van der Waals surface area contributed by atoms with Gasteiger partial charge in [-0.1, -0.05) is 131 Å². The maximum atomic E-state index is 13.9. The SMILES string of the molecule is CC(C)(C)[Si](C)(C)OC[C@H]1C(=O)N(C(O)C(=O)OCC[Si](C)(C)C)[C@@H]1SC(c1ccccc1)(c1ccccc1)c1ccccc1. The fourth-order valence-electron chi connectivity index (χ4n) is 5.17. The van der Waals surface area contributed by atoms with Gasteiger partial charge in [-0.05, 0) is 40.9 Å². The van der Waals surface area contributed by atoms with Crippen molar-refractivity contribution in [2.45, 2.75) is 80.9 Å². The molecule has 1 saturated heterocycles. The molecule has 4 rings (SSSR count). The molecule has 0 bridgehead atoms. The molecule has 45 heavy (non-hydrogen) atoms. The maximum absolute atomic E-state index is 13.9. The summed E-state index contributed by atoms with van der Waals surface area (Å²) in [7, 11) is -3.66. The lowest BCUT2D eigenvalue weighted by Gasteiger charge is -2.52. The molecule has 3 aromatic carbocycles. The molecule has 0 aliphatic carbocycles. The molecule has 242 valence electrons. The highest BCUT2D eigenvalue weighted by molar-refractivity contribution is 8.01. The second-order valence-electron chi connectivity index (χ2n) is 14.6. The Hall–Kier alpha value is -2.70. The van der Waals surface area contributed by atoms with Crippen molar-refractivity contribution in [1.29, 1.82) is 0 Å². The van der Waals surface area contributed by atoms with E-state index in [0.717, 1.165) is 22.7 Å². The van der Waals surface area contributed by atoms with Gasteiger partial charge in [0.15, 0.2) is 8.32 Å². The van der Waals surface area contributed by atoms with Crippen molar-refractivity contribution in [2.75, 3.05) is 13.2 Å². The van der Waals surface area contributed by atoms with Crippen molar-refractivity contribution in [3.63, 3.8) is 0 Å². The van der Waals surface area contributed by atoms with E-state index in [-0.39, 0.29) is 24.2 Å². The van der Waals surface area contributed by atoms with Crippen LogP contribution in [-0.4, -0.2) is 63.1 Å². The molecule has 6 nitrogen and oxygen atoms in total. The van der Waals surface area contributed by atoms with E-state index >= 15 is 0 Å². The Morgan fingerprint density at radius 2 is 1.29 bits per heavy atom. The van der Waals surface area contributed by atoms with Crippen LogP contribution in [0.25, 0.3) is 0 Å². The molecule has 3 atom stereocenters. The Morgan fingerprint density at radius 3 is 1.69 bits per heavy atom. The minimum Gasteiger partial charge on any atom is -0.463 e. The van der Waals surface area contributed by atoms with Gasteiger partial charge in [0.1, 0.15) is 0 Å². The van der Waals surface area contributed by atoms with E-state index in [1.54, 1.807) is 11.8 Å². The smallest absolute Gasteiger partial charge is 0.356 e. The van der Waals surface area contributed by atoms with Gasteiger partial charge in [0.2, 0.25) is 12.1 Å². The predicted octanol–water partition coefficient (Wildman–Crippen LogP) is 7.72. The molecular formula is C36H49NO5SSi2. The summed E-state index contributed by atoms with van der Waals surface area (Å²) < 4.78 is 11.4. The molecule has 1 amide bonds. The number of esters is 1. The minimum atomic E-state index is -2.20. The fraction of sp³-hybridized carbons (Fsp3) is 0.444. The lowest BCUT2D eigenvalue weighted by atomic mass is 9.84. The zero-order chi connectivity index (χ0) is 33.0. The molecule has 0 radical (unpaired) electrons. The van der Waals surface area contributed by atoms with Crippen LogP contribution in [0.5, 0.6) is 0 Å². The molecule has 1 aliphatic rings. The normalized spacial score (nSPS) is 18.3. The largest absolute Gasteiger partial charge is 0.463 e. The third kappa shape index (κ3) is 7.82. The van der Waals surface area contributed by atoms with Crippen molar-refractivity contribution >= 4 is 40.0 Å². The number of amides is 1. The number of carbonyl (C=O) groups is 2. The van der Waals surface area contributed by atoms with E-state index in [0.29, 0.717) is 0 Å². The van der Waals surface area contributed by atoms with Gasteiger partial charge in [-0.2, -0.15) is 0 Å². The molecule has 1 heterocycles. The third-order valence-corrected chi connectivity index (χ3v) is 17.1. The highest BCUT2D eigenvalue weighted by Gasteiger charge is 2.57. The van der Waals surface area contributed by atoms with Gasteiger partial charge in [-0.3, -0.25) is 9.69 Å². The number of aliphatic hydroxyl groups is 1. The molecule has 0 aromatic heterocycles. The van der Waals surface area contributed by atoms with Gasteiger partial charge in [-0.15, -0.1) is 11.8 Å². The lowest BCUT2D eigenvalue weighted by Crippen LogP contribution is -2.67. The first-order valence-corrected chi connectivity index (χ1v) is 23.2. The molecule has 0 spiro atoms. The van der Waals surface area contributed by atoms with Crippen LogP contribution in [0.3, 0.4) is 0 Å². The van der Waals surface area contributed by atoms with Crippen LogP contribution < -0.4 is 0 Å². The first kappa shape index (κ1) is 35.2. The van der Waals surface area contributed by atoms with Crippen LogP contribution in [0.15, 0.2) is 91.0 Å². The van der Waals surface area contributed by atoms with E-state index in [9.17, 15) is 14.7 Å².